The van der Waals surface area contributed by atoms with Crippen molar-refractivity contribution in [3.05, 3.63) is 89.5 Å². The fourth-order valence-corrected chi connectivity index (χ4v) is 4.11. The Kier molecular flexibility index (Phi) is 16.0. The lowest BCUT2D eigenvalue weighted by Crippen LogP contribution is -2.35. The van der Waals surface area contributed by atoms with Crippen LogP contribution in [0, 0.1) is 0 Å². The molecule has 10 nitrogen and oxygen atoms in total. The van der Waals surface area contributed by atoms with Crippen molar-refractivity contribution in [2.24, 2.45) is 0 Å². The summed E-state index contributed by atoms with van der Waals surface area (Å²) >= 11 is 0. The Morgan fingerprint density at radius 1 is 0.435 bits per heavy atom. The van der Waals surface area contributed by atoms with Crippen molar-refractivity contribution in [2.75, 3.05) is 59.3 Å². The Morgan fingerprint density at radius 3 is 0.935 bits per heavy atom. The molecule has 10 heteroatoms. The molecular formula is C36H45NO9. The van der Waals surface area contributed by atoms with Crippen LogP contribution in [-0.2, 0) is 14.2 Å². The summed E-state index contributed by atoms with van der Waals surface area (Å²) in [7, 11) is 0. The zero-order valence-electron chi connectivity index (χ0n) is 27.0. The van der Waals surface area contributed by atoms with Gasteiger partial charge in [-0.1, -0.05) is 20.8 Å². The van der Waals surface area contributed by atoms with E-state index >= 15 is 0 Å². The van der Waals surface area contributed by atoms with Gasteiger partial charge in [-0.2, -0.15) is 0 Å². The van der Waals surface area contributed by atoms with E-state index in [1.54, 1.807) is 72.8 Å². The van der Waals surface area contributed by atoms with Gasteiger partial charge in [-0.15, -0.1) is 0 Å². The maximum absolute atomic E-state index is 12.6. The number of rotatable bonds is 21. The van der Waals surface area contributed by atoms with E-state index in [0.717, 1.165) is 19.3 Å². The third-order valence-electron chi connectivity index (χ3n) is 6.61. The molecule has 0 aliphatic carbocycles. The first-order valence-electron chi connectivity index (χ1n) is 15.9. The first kappa shape index (κ1) is 35.9. The Hall–Kier alpha value is -4.57. The quantitative estimate of drug-likeness (QED) is 0.0988. The summed E-state index contributed by atoms with van der Waals surface area (Å²) in [6.45, 7) is 9.16. The Balaban J connectivity index is 1.51. The fourth-order valence-electron chi connectivity index (χ4n) is 4.11. The smallest absolute Gasteiger partial charge is 0.338 e. The molecule has 0 aliphatic rings. The number of nitrogens with zero attached hydrogens (tertiary/aromatic N) is 1. The highest BCUT2D eigenvalue weighted by molar-refractivity contribution is 5.90. The van der Waals surface area contributed by atoms with Gasteiger partial charge in [0, 0.05) is 19.6 Å². The lowest BCUT2D eigenvalue weighted by molar-refractivity contribution is 0.0331. The van der Waals surface area contributed by atoms with Crippen LogP contribution >= 0.6 is 0 Å². The van der Waals surface area contributed by atoms with Gasteiger partial charge in [0.05, 0.1) is 36.5 Å². The normalized spacial score (nSPS) is 10.7. The predicted molar refractivity (Wildman–Crippen MR) is 174 cm³/mol. The van der Waals surface area contributed by atoms with Gasteiger partial charge in [0.1, 0.15) is 37.1 Å². The molecule has 0 atom stereocenters. The van der Waals surface area contributed by atoms with Crippen LogP contribution in [0.2, 0.25) is 0 Å². The van der Waals surface area contributed by atoms with Crippen molar-refractivity contribution >= 4 is 17.9 Å². The number of ether oxygens (including phenoxy) is 6. The molecule has 46 heavy (non-hydrogen) atoms. The summed E-state index contributed by atoms with van der Waals surface area (Å²) in [5, 5.41) is 0. The summed E-state index contributed by atoms with van der Waals surface area (Å²) in [5.41, 5.74) is 1.24. The van der Waals surface area contributed by atoms with Crippen LogP contribution in [0.15, 0.2) is 72.8 Å². The first-order chi connectivity index (χ1) is 22.4. The molecule has 0 aromatic heterocycles. The molecule has 0 heterocycles. The Morgan fingerprint density at radius 2 is 0.696 bits per heavy atom. The molecule has 0 bridgehead atoms. The number of hydrogen-bond donors (Lipinski definition) is 0. The van der Waals surface area contributed by atoms with Gasteiger partial charge < -0.3 is 28.4 Å². The van der Waals surface area contributed by atoms with Gasteiger partial charge in [0.25, 0.3) is 0 Å². The van der Waals surface area contributed by atoms with E-state index in [1.165, 1.54) is 0 Å². The van der Waals surface area contributed by atoms with Crippen LogP contribution in [-0.4, -0.2) is 82.1 Å². The zero-order valence-corrected chi connectivity index (χ0v) is 27.0. The molecule has 0 unspecified atom stereocenters. The highest BCUT2D eigenvalue weighted by atomic mass is 16.5. The second-order valence-corrected chi connectivity index (χ2v) is 10.4. The third-order valence-corrected chi connectivity index (χ3v) is 6.61. The largest absolute Gasteiger partial charge is 0.494 e. The number of esters is 3. The van der Waals surface area contributed by atoms with Gasteiger partial charge in [-0.05, 0) is 92.1 Å². The van der Waals surface area contributed by atoms with E-state index in [4.69, 9.17) is 28.4 Å². The fraction of sp³-hybridized carbons (Fsp3) is 0.417. The molecule has 0 spiro atoms. The SMILES string of the molecule is CCCOc1ccc(C(=O)OCCN(CCOC(=O)c2ccc(OCCC)cc2)CCOC(=O)c2ccc(OCCC)cc2)cc1. The van der Waals surface area contributed by atoms with E-state index in [-0.39, 0.29) is 19.8 Å². The monoisotopic (exact) mass is 635 g/mol. The summed E-state index contributed by atoms with van der Waals surface area (Å²) in [6, 6.07) is 20.4. The van der Waals surface area contributed by atoms with Crippen molar-refractivity contribution in [2.45, 2.75) is 40.0 Å². The second-order valence-electron chi connectivity index (χ2n) is 10.4. The summed E-state index contributed by atoms with van der Waals surface area (Å²) in [5.74, 6) is 0.688. The Bertz CT molecular complexity index is 1160. The highest BCUT2D eigenvalue weighted by Crippen LogP contribution is 2.15. The van der Waals surface area contributed by atoms with E-state index in [9.17, 15) is 14.4 Å². The van der Waals surface area contributed by atoms with Gasteiger partial charge in [0.15, 0.2) is 0 Å². The minimum absolute atomic E-state index is 0.0905. The molecule has 0 N–H and O–H groups in total. The zero-order chi connectivity index (χ0) is 33.0. The average molecular weight is 636 g/mol. The van der Waals surface area contributed by atoms with Crippen LogP contribution in [0.3, 0.4) is 0 Å². The van der Waals surface area contributed by atoms with Crippen molar-refractivity contribution in [1.29, 1.82) is 0 Å². The third kappa shape index (κ3) is 12.8. The number of hydrogen-bond acceptors (Lipinski definition) is 10. The number of benzene rings is 3. The maximum atomic E-state index is 12.6. The molecule has 0 saturated carbocycles. The minimum atomic E-state index is -0.461. The second kappa shape index (κ2) is 20.5. The Labute approximate surface area is 271 Å². The lowest BCUT2D eigenvalue weighted by Gasteiger charge is -2.22. The minimum Gasteiger partial charge on any atom is -0.494 e. The molecule has 248 valence electrons. The predicted octanol–water partition coefficient (Wildman–Crippen LogP) is 6.23. The molecule has 0 aliphatic heterocycles. The lowest BCUT2D eigenvalue weighted by atomic mass is 10.2. The highest BCUT2D eigenvalue weighted by Gasteiger charge is 2.14. The van der Waals surface area contributed by atoms with Crippen LogP contribution in [0.25, 0.3) is 0 Å². The van der Waals surface area contributed by atoms with E-state index in [0.29, 0.717) is 73.4 Å². The molecule has 0 fully saturated rings. The molecule has 0 amide bonds. The van der Waals surface area contributed by atoms with Crippen molar-refractivity contribution in [1.82, 2.24) is 4.90 Å². The first-order valence-corrected chi connectivity index (χ1v) is 15.9. The van der Waals surface area contributed by atoms with E-state index in [2.05, 4.69) is 0 Å². The van der Waals surface area contributed by atoms with Gasteiger partial charge in [-0.25, -0.2) is 14.4 Å². The standard InChI is InChI=1S/C36H45NO9/c1-4-22-41-31-13-7-28(8-14-31)34(38)44-25-19-37(20-26-45-35(39)29-9-15-32(16-10-29)42-23-5-2)21-27-46-36(40)30-11-17-33(18-12-30)43-24-6-3/h7-18H,4-6,19-27H2,1-3H3. The summed E-state index contributed by atoms with van der Waals surface area (Å²) in [4.78, 5) is 39.7. The summed E-state index contributed by atoms with van der Waals surface area (Å²) < 4.78 is 33.2. The van der Waals surface area contributed by atoms with E-state index < -0.39 is 17.9 Å². The topological polar surface area (TPSA) is 110 Å². The van der Waals surface area contributed by atoms with E-state index in [1.807, 2.05) is 25.7 Å². The van der Waals surface area contributed by atoms with Gasteiger partial charge in [-0.3, -0.25) is 4.90 Å². The average Bonchev–Trinajstić information content (AvgIpc) is 3.09. The molecular weight excluding hydrogens is 590 g/mol. The maximum Gasteiger partial charge on any atom is 0.338 e. The molecule has 0 radical (unpaired) electrons. The van der Waals surface area contributed by atoms with Crippen molar-refractivity contribution in [3.8, 4) is 17.2 Å². The van der Waals surface area contributed by atoms with Crippen LogP contribution in [0.5, 0.6) is 17.2 Å². The summed E-state index contributed by atoms with van der Waals surface area (Å²) in [6.07, 6.45) is 2.67. The molecule has 3 aromatic carbocycles. The van der Waals surface area contributed by atoms with Crippen molar-refractivity contribution in [3.63, 3.8) is 0 Å². The van der Waals surface area contributed by atoms with Crippen LogP contribution < -0.4 is 14.2 Å². The number of carbonyl (C=O) groups excluding carboxylic acids is 3. The van der Waals surface area contributed by atoms with Gasteiger partial charge in [0.2, 0.25) is 0 Å². The van der Waals surface area contributed by atoms with Crippen molar-refractivity contribution < 1.29 is 42.8 Å². The molecule has 3 rings (SSSR count). The van der Waals surface area contributed by atoms with Gasteiger partial charge >= 0.3 is 17.9 Å². The van der Waals surface area contributed by atoms with Crippen LogP contribution in [0.4, 0.5) is 0 Å². The van der Waals surface area contributed by atoms with Crippen LogP contribution in [0.1, 0.15) is 71.1 Å². The molecule has 3 aromatic rings. The molecule has 0 saturated heterocycles. The number of carbonyl (C=O) groups is 3.